The number of hydrogen-bond acceptors (Lipinski definition) is 4. The summed E-state index contributed by atoms with van der Waals surface area (Å²) in [6.45, 7) is 1.94. The molecule has 0 fully saturated rings. The Morgan fingerprint density at radius 2 is 1.68 bits per heavy atom. The van der Waals surface area contributed by atoms with Gasteiger partial charge < -0.3 is 5.11 Å². The van der Waals surface area contributed by atoms with Crippen molar-refractivity contribution in [2.45, 2.75) is 6.92 Å². The molecule has 0 aliphatic rings. The quantitative estimate of drug-likeness (QED) is 0.502. The zero-order valence-corrected chi connectivity index (χ0v) is 15.8. The normalized spacial score (nSPS) is 10.8. The maximum atomic E-state index is 12.8. The lowest BCUT2D eigenvalue weighted by molar-refractivity contribution is 0.0695. The number of hydrogen-bond donors (Lipinski definition) is 2. The summed E-state index contributed by atoms with van der Waals surface area (Å²) in [6.07, 6.45) is 0. The van der Waals surface area contributed by atoms with E-state index in [-0.39, 0.29) is 11.1 Å². The molecular formula is C22H16N2O3S. The minimum absolute atomic E-state index is 0.00726. The smallest absolute Gasteiger partial charge is 0.337 e. The fourth-order valence-corrected chi connectivity index (χ4v) is 4.00. The number of rotatable bonds is 4. The molecule has 0 saturated heterocycles. The van der Waals surface area contributed by atoms with Crippen LogP contribution in [-0.4, -0.2) is 22.0 Å². The molecule has 4 aromatic rings. The number of carbonyl (C=O) groups excluding carboxylic acids is 1. The lowest BCUT2D eigenvalue weighted by atomic mass is 9.98. The number of thiazole rings is 1. The van der Waals surface area contributed by atoms with Crippen LogP contribution in [0.3, 0.4) is 0 Å². The van der Waals surface area contributed by atoms with E-state index in [1.54, 1.807) is 24.3 Å². The lowest BCUT2D eigenvalue weighted by Crippen LogP contribution is -2.16. The van der Waals surface area contributed by atoms with Crippen LogP contribution in [0.5, 0.6) is 0 Å². The van der Waals surface area contributed by atoms with Gasteiger partial charge >= 0.3 is 5.97 Å². The Labute approximate surface area is 165 Å². The SMILES string of the molecule is Cc1sc(NC(=O)c2ccc3ccccc3c2C(=O)O)nc1-c1ccccc1. The van der Waals surface area contributed by atoms with Crippen molar-refractivity contribution in [1.82, 2.24) is 4.98 Å². The van der Waals surface area contributed by atoms with Crippen LogP contribution in [0.1, 0.15) is 25.6 Å². The van der Waals surface area contributed by atoms with Crippen LogP contribution in [0.2, 0.25) is 0 Å². The molecule has 0 aliphatic carbocycles. The summed E-state index contributed by atoms with van der Waals surface area (Å²) in [5.41, 5.74) is 1.87. The summed E-state index contributed by atoms with van der Waals surface area (Å²) in [5.74, 6) is -1.63. The molecule has 6 heteroatoms. The minimum Gasteiger partial charge on any atom is -0.478 e. The summed E-state index contributed by atoms with van der Waals surface area (Å²) < 4.78 is 0. The van der Waals surface area contributed by atoms with E-state index in [1.807, 2.05) is 49.4 Å². The molecule has 0 aliphatic heterocycles. The van der Waals surface area contributed by atoms with Crippen LogP contribution in [0, 0.1) is 6.92 Å². The molecule has 1 amide bonds. The van der Waals surface area contributed by atoms with Gasteiger partial charge in [-0.15, -0.1) is 11.3 Å². The Balaban J connectivity index is 1.70. The Bertz CT molecular complexity index is 1200. The molecule has 0 unspecified atom stereocenters. The number of aromatic carboxylic acids is 1. The molecule has 28 heavy (non-hydrogen) atoms. The number of fused-ring (bicyclic) bond motifs is 1. The molecule has 138 valence electrons. The predicted molar refractivity (Wildman–Crippen MR) is 111 cm³/mol. The van der Waals surface area contributed by atoms with E-state index in [0.717, 1.165) is 21.5 Å². The van der Waals surface area contributed by atoms with Gasteiger partial charge in [0.15, 0.2) is 5.13 Å². The number of carboxylic acid groups (broad SMARTS) is 1. The van der Waals surface area contributed by atoms with Gasteiger partial charge in [-0.25, -0.2) is 9.78 Å². The second-order valence-corrected chi connectivity index (χ2v) is 7.46. The van der Waals surface area contributed by atoms with Gasteiger partial charge in [0, 0.05) is 10.4 Å². The van der Waals surface area contributed by atoms with Gasteiger partial charge in [0.05, 0.1) is 16.8 Å². The van der Waals surface area contributed by atoms with E-state index in [2.05, 4.69) is 10.3 Å². The third-order valence-corrected chi connectivity index (χ3v) is 5.34. The minimum atomic E-state index is -1.14. The lowest BCUT2D eigenvalue weighted by Gasteiger charge is -2.09. The van der Waals surface area contributed by atoms with Gasteiger partial charge in [0.1, 0.15) is 0 Å². The topological polar surface area (TPSA) is 79.3 Å². The summed E-state index contributed by atoms with van der Waals surface area (Å²) in [7, 11) is 0. The number of nitrogens with one attached hydrogen (secondary N) is 1. The number of benzene rings is 3. The van der Waals surface area contributed by atoms with Crippen molar-refractivity contribution in [3.8, 4) is 11.3 Å². The first kappa shape index (κ1) is 17.9. The molecule has 5 nitrogen and oxygen atoms in total. The van der Waals surface area contributed by atoms with Crippen LogP contribution in [-0.2, 0) is 0 Å². The van der Waals surface area contributed by atoms with E-state index in [9.17, 15) is 14.7 Å². The maximum Gasteiger partial charge on any atom is 0.337 e. The Kier molecular flexibility index (Phi) is 4.63. The van der Waals surface area contributed by atoms with Crippen LogP contribution >= 0.6 is 11.3 Å². The van der Waals surface area contributed by atoms with E-state index in [1.165, 1.54) is 11.3 Å². The van der Waals surface area contributed by atoms with E-state index < -0.39 is 11.9 Å². The van der Waals surface area contributed by atoms with Gasteiger partial charge in [-0.3, -0.25) is 10.1 Å². The fraction of sp³-hybridized carbons (Fsp3) is 0.0455. The number of amides is 1. The Morgan fingerprint density at radius 3 is 2.43 bits per heavy atom. The number of nitrogens with zero attached hydrogens (tertiary/aromatic N) is 1. The zero-order chi connectivity index (χ0) is 19.7. The van der Waals surface area contributed by atoms with E-state index in [4.69, 9.17) is 0 Å². The van der Waals surface area contributed by atoms with Crippen molar-refractivity contribution < 1.29 is 14.7 Å². The highest BCUT2D eigenvalue weighted by Gasteiger charge is 2.21. The molecular weight excluding hydrogens is 372 g/mol. The monoisotopic (exact) mass is 388 g/mol. The van der Waals surface area contributed by atoms with Gasteiger partial charge in [0.25, 0.3) is 5.91 Å². The number of carbonyl (C=O) groups is 2. The molecule has 1 heterocycles. The molecule has 0 spiro atoms. The molecule has 0 saturated carbocycles. The van der Waals surface area contributed by atoms with Crippen LogP contribution in [0.4, 0.5) is 5.13 Å². The number of anilines is 1. The molecule has 0 radical (unpaired) electrons. The molecule has 3 aromatic carbocycles. The summed E-state index contributed by atoms with van der Waals surface area (Å²) in [6, 6.07) is 20.1. The average molecular weight is 388 g/mol. The number of carboxylic acids is 1. The van der Waals surface area contributed by atoms with Crippen LogP contribution in [0.15, 0.2) is 66.7 Å². The molecule has 2 N–H and O–H groups in total. The number of aromatic nitrogens is 1. The summed E-state index contributed by atoms with van der Waals surface area (Å²) >= 11 is 1.36. The largest absolute Gasteiger partial charge is 0.478 e. The van der Waals surface area contributed by atoms with Crippen molar-refractivity contribution in [3.63, 3.8) is 0 Å². The molecule has 4 rings (SSSR count). The standard InChI is InChI=1S/C22H16N2O3S/c1-13-19(15-8-3-2-4-9-15)23-22(28-13)24-20(25)17-12-11-14-7-5-6-10-16(14)18(17)21(26)27/h2-12H,1H3,(H,26,27)(H,23,24,25). The third-order valence-electron chi connectivity index (χ3n) is 4.45. The fourth-order valence-electron chi connectivity index (χ4n) is 3.17. The highest BCUT2D eigenvalue weighted by molar-refractivity contribution is 7.16. The second-order valence-electron chi connectivity index (χ2n) is 6.26. The highest BCUT2D eigenvalue weighted by Crippen LogP contribution is 2.31. The van der Waals surface area contributed by atoms with Gasteiger partial charge in [-0.1, -0.05) is 60.7 Å². The number of aryl methyl sites for hydroxylation is 1. The molecule has 0 bridgehead atoms. The van der Waals surface area contributed by atoms with Gasteiger partial charge in [0.2, 0.25) is 0 Å². The van der Waals surface area contributed by atoms with Crippen LogP contribution < -0.4 is 5.32 Å². The maximum absolute atomic E-state index is 12.8. The summed E-state index contributed by atoms with van der Waals surface area (Å²) in [5, 5.41) is 14.2. The highest BCUT2D eigenvalue weighted by atomic mass is 32.1. The Morgan fingerprint density at radius 1 is 0.964 bits per heavy atom. The van der Waals surface area contributed by atoms with Crippen molar-refractivity contribution in [3.05, 3.63) is 82.7 Å². The van der Waals surface area contributed by atoms with E-state index in [0.29, 0.717) is 10.5 Å². The first-order valence-corrected chi connectivity index (χ1v) is 9.45. The predicted octanol–water partition coefficient (Wildman–Crippen LogP) is 5.22. The van der Waals surface area contributed by atoms with Crippen molar-refractivity contribution in [1.29, 1.82) is 0 Å². The molecule has 1 aromatic heterocycles. The van der Waals surface area contributed by atoms with E-state index >= 15 is 0 Å². The first-order valence-electron chi connectivity index (χ1n) is 8.64. The van der Waals surface area contributed by atoms with Gasteiger partial charge in [-0.05, 0) is 23.8 Å². The summed E-state index contributed by atoms with van der Waals surface area (Å²) in [4.78, 5) is 30.2. The molecule has 0 atom stereocenters. The average Bonchev–Trinajstić information content (AvgIpc) is 3.07. The van der Waals surface area contributed by atoms with Crippen LogP contribution in [0.25, 0.3) is 22.0 Å². The third kappa shape index (κ3) is 3.25. The second kappa shape index (κ2) is 7.25. The van der Waals surface area contributed by atoms with Crippen molar-refractivity contribution >= 4 is 39.1 Å². The van der Waals surface area contributed by atoms with Crippen molar-refractivity contribution in [2.75, 3.05) is 5.32 Å². The van der Waals surface area contributed by atoms with Crippen molar-refractivity contribution in [2.24, 2.45) is 0 Å². The first-order chi connectivity index (χ1) is 13.5. The zero-order valence-electron chi connectivity index (χ0n) is 15.0. The van der Waals surface area contributed by atoms with Gasteiger partial charge in [-0.2, -0.15) is 0 Å². The Hall–Kier alpha value is -3.51.